The summed E-state index contributed by atoms with van der Waals surface area (Å²) in [7, 11) is 0. The molecule has 3 rings (SSSR count). The first-order chi connectivity index (χ1) is 7.42. The SMILES string of the molecule is c1ccc2sc(SC3=NCCN3)nc2c1. The molecule has 2 aromatic rings. The molecule has 15 heavy (non-hydrogen) atoms. The van der Waals surface area contributed by atoms with E-state index in [-0.39, 0.29) is 0 Å². The lowest BCUT2D eigenvalue weighted by atomic mass is 10.3. The summed E-state index contributed by atoms with van der Waals surface area (Å²) >= 11 is 3.34. The minimum Gasteiger partial charge on any atom is -0.363 e. The van der Waals surface area contributed by atoms with Crippen LogP contribution in [-0.4, -0.2) is 23.2 Å². The van der Waals surface area contributed by atoms with Crippen LogP contribution in [-0.2, 0) is 0 Å². The molecule has 1 aliphatic heterocycles. The van der Waals surface area contributed by atoms with E-state index in [0.29, 0.717) is 0 Å². The second kappa shape index (κ2) is 3.83. The molecule has 1 aromatic carbocycles. The van der Waals surface area contributed by atoms with Gasteiger partial charge >= 0.3 is 0 Å². The molecule has 0 fully saturated rings. The Bertz CT molecular complexity index is 485. The van der Waals surface area contributed by atoms with Crippen molar-refractivity contribution in [3.8, 4) is 0 Å². The Hall–Kier alpha value is -1.07. The van der Waals surface area contributed by atoms with Crippen molar-refractivity contribution in [2.24, 2.45) is 4.99 Å². The molecule has 0 spiro atoms. The highest BCUT2D eigenvalue weighted by Gasteiger charge is 2.10. The van der Waals surface area contributed by atoms with Gasteiger partial charge in [0.05, 0.1) is 16.8 Å². The number of hydrogen-bond acceptors (Lipinski definition) is 5. The predicted molar refractivity (Wildman–Crippen MR) is 65.8 cm³/mol. The highest BCUT2D eigenvalue weighted by atomic mass is 32.2. The maximum atomic E-state index is 4.54. The molecule has 5 heteroatoms. The summed E-state index contributed by atoms with van der Waals surface area (Å²) in [5.74, 6) is 0. The molecular formula is C10H9N3S2. The van der Waals surface area contributed by atoms with E-state index in [9.17, 15) is 0 Å². The number of para-hydroxylation sites is 1. The quantitative estimate of drug-likeness (QED) is 0.824. The molecule has 0 unspecified atom stereocenters. The van der Waals surface area contributed by atoms with Gasteiger partial charge in [0.1, 0.15) is 0 Å². The zero-order valence-electron chi connectivity index (χ0n) is 7.93. The molecule has 1 N–H and O–H groups in total. The largest absolute Gasteiger partial charge is 0.363 e. The van der Waals surface area contributed by atoms with Crippen molar-refractivity contribution in [3.63, 3.8) is 0 Å². The molecule has 2 heterocycles. The van der Waals surface area contributed by atoms with Gasteiger partial charge in [-0.3, -0.25) is 4.99 Å². The number of nitrogens with one attached hydrogen (secondary N) is 1. The molecule has 0 saturated carbocycles. The van der Waals surface area contributed by atoms with Gasteiger partial charge in [-0.15, -0.1) is 11.3 Å². The second-order valence-electron chi connectivity index (χ2n) is 3.16. The number of amidine groups is 1. The Labute approximate surface area is 95.6 Å². The highest BCUT2D eigenvalue weighted by Crippen LogP contribution is 2.29. The maximum Gasteiger partial charge on any atom is 0.163 e. The summed E-state index contributed by atoms with van der Waals surface area (Å²) in [5.41, 5.74) is 1.07. The van der Waals surface area contributed by atoms with Gasteiger partial charge in [-0.1, -0.05) is 12.1 Å². The molecule has 0 bridgehead atoms. The first kappa shape index (κ1) is 9.18. The summed E-state index contributed by atoms with van der Waals surface area (Å²) in [6.45, 7) is 1.83. The Kier molecular flexibility index (Phi) is 2.34. The lowest BCUT2D eigenvalue weighted by Gasteiger charge is -1.95. The standard InChI is InChI=1S/C10H9N3S2/c1-2-4-8-7(3-1)13-10(14-8)15-9-11-5-6-12-9/h1-4H,5-6H2,(H,11,12). The van der Waals surface area contributed by atoms with E-state index in [4.69, 9.17) is 0 Å². The Morgan fingerprint density at radius 1 is 1.33 bits per heavy atom. The third-order valence-electron chi connectivity index (χ3n) is 2.10. The molecule has 0 atom stereocenters. The normalized spacial score (nSPS) is 15.3. The number of rotatable bonds is 1. The van der Waals surface area contributed by atoms with Crippen molar-refractivity contribution in [1.82, 2.24) is 10.3 Å². The minimum absolute atomic E-state index is 0.882. The van der Waals surface area contributed by atoms with Gasteiger partial charge in [0, 0.05) is 6.54 Å². The number of aliphatic imine (C=N–C) groups is 1. The minimum atomic E-state index is 0.882. The van der Waals surface area contributed by atoms with Gasteiger partial charge in [0.15, 0.2) is 9.51 Å². The van der Waals surface area contributed by atoms with Crippen LogP contribution in [0.3, 0.4) is 0 Å². The van der Waals surface area contributed by atoms with Crippen molar-refractivity contribution in [2.75, 3.05) is 13.1 Å². The molecule has 0 radical (unpaired) electrons. The van der Waals surface area contributed by atoms with Crippen molar-refractivity contribution >= 4 is 38.5 Å². The van der Waals surface area contributed by atoms with Gasteiger partial charge in [-0.25, -0.2) is 4.98 Å². The van der Waals surface area contributed by atoms with Crippen LogP contribution < -0.4 is 5.32 Å². The van der Waals surface area contributed by atoms with Crippen LogP contribution in [0.1, 0.15) is 0 Å². The Morgan fingerprint density at radius 3 is 3.07 bits per heavy atom. The van der Waals surface area contributed by atoms with Crippen LogP contribution >= 0.6 is 23.1 Å². The number of aromatic nitrogens is 1. The van der Waals surface area contributed by atoms with E-state index in [1.165, 1.54) is 4.70 Å². The average Bonchev–Trinajstić information content (AvgIpc) is 2.86. The third kappa shape index (κ3) is 1.85. The number of nitrogens with zero attached hydrogens (tertiary/aromatic N) is 2. The fraction of sp³-hybridized carbons (Fsp3) is 0.200. The maximum absolute atomic E-state index is 4.54. The average molecular weight is 235 g/mol. The smallest absolute Gasteiger partial charge is 0.163 e. The van der Waals surface area contributed by atoms with Gasteiger partial charge in [-0.05, 0) is 23.9 Å². The van der Waals surface area contributed by atoms with Gasteiger partial charge in [0.2, 0.25) is 0 Å². The predicted octanol–water partition coefficient (Wildman–Crippen LogP) is 2.35. The van der Waals surface area contributed by atoms with E-state index in [1.54, 1.807) is 23.1 Å². The first-order valence-corrected chi connectivity index (χ1v) is 6.37. The molecule has 0 amide bonds. The molecule has 1 aromatic heterocycles. The van der Waals surface area contributed by atoms with Gasteiger partial charge in [0.25, 0.3) is 0 Å². The summed E-state index contributed by atoms with van der Waals surface area (Å²) in [4.78, 5) is 8.87. The van der Waals surface area contributed by atoms with E-state index >= 15 is 0 Å². The fourth-order valence-electron chi connectivity index (χ4n) is 1.42. The van der Waals surface area contributed by atoms with E-state index in [0.717, 1.165) is 28.1 Å². The van der Waals surface area contributed by atoms with Crippen molar-refractivity contribution < 1.29 is 0 Å². The van der Waals surface area contributed by atoms with Crippen LogP contribution in [0.25, 0.3) is 10.2 Å². The van der Waals surface area contributed by atoms with Gasteiger partial charge < -0.3 is 5.32 Å². The Morgan fingerprint density at radius 2 is 2.27 bits per heavy atom. The Balaban J connectivity index is 1.91. The van der Waals surface area contributed by atoms with Crippen molar-refractivity contribution in [1.29, 1.82) is 0 Å². The number of thioether (sulfide) groups is 1. The summed E-state index contributed by atoms with van der Waals surface area (Å²) in [6.07, 6.45) is 0. The number of thiazole rings is 1. The summed E-state index contributed by atoms with van der Waals surface area (Å²) < 4.78 is 2.29. The first-order valence-electron chi connectivity index (χ1n) is 4.73. The fourth-order valence-corrected chi connectivity index (χ4v) is 3.43. The van der Waals surface area contributed by atoms with Crippen molar-refractivity contribution in [3.05, 3.63) is 24.3 Å². The molecule has 0 saturated heterocycles. The van der Waals surface area contributed by atoms with E-state index < -0.39 is 0 Å². The molecule has 3 nitrogen and oxygen atoms in total. The van der Waals surface area contributed by atoms with Crippen LogP contribution in [0, 0.1) is 0 Å². The zero-order chi connectivity index (χ0) is 10.1. The highest BCUT2D eigenvalue weighted by molar-refractivity contribution is 8.15. The van der Waals surface area contributed by atoms with Crippen LogP contribution in [0.15, 0.2) is 33.6 Å². The summed E-state index contributed by atoms with van der Waals surface area (Å²) in [5, 5.41) is 4.22. The third-order valence-corrected chi connectivity index (χ3v) is 4.17. The molecule has 76 valence electrons. The zero-order valence-corrected chi connectivity index (χ0v) is 9.57. The second-order valence-corrected chi connectivity index (χ2v) is 5.43. The molecule has 1 aliphatic rings. The van der Waals surface area contributed by atoms with Crippen LogP contribution in [0.4, 0.5) is 0 Å². The monoisotopic (exact) mass is 235 g/mol. The topological polar surface area (TPSA) is 37.3 Å². The molecular weight excluding hydrogens is 226 g/mol. The number of benzene rings is 1. The van der Waals surface area contributed by atoms with Crippen LogP contribution in [0.5, 0.6) is 0 Å². The number of fused-ring (bicyclic) bond motifs is 1. The molecule has 0 aliphatic carbocycles. The lowest BCUT2D eigenvalue weighted by Crippen LogP contribution is -2.14. The summed E-state index contributed by atoms with van der Waals surface area (Å²) in [6, 6.07) is 8.20. The van der Waals surface area contributed by atoms with Crippen LogP contribution in [0.2, 0.25) is 0 Å². The van der Waals surface area contributed by atoms with E-state index in [1.807, 2.05) is 18.2 Å². The van der Waals surface area contributed by atoms with E-state index in [2.05, 4.69) is 21.4 Å². The number of hydrogen-bond donors (Lipinski definition) is 1. The van der Waals surface area contributed by atoms with Crippen molar-refractivity contribution in [2.45, 2.75) is 4.34 Å². The van der Waals surface area contributed by atoms with Gasteiger partial charge in [-0.2, -0.15) is 0 Å². The lowest BCUT2D eigenvalue weighted by molar-refractivity contribution is 0.963.